The summed E-state index contributed by atoms with van der Waals surface area (Å²) in [5, 5.41) is 54.2. The van der Waals surface area contributed by atoms with E-state index in [4.69, 9.17) is 9.47 Å². The number of aliphatic hydroxyl groups is 5. The van der Waals surface area contributed by atoms with Gasteiger partial charge in [-0.25, -0.2) is 0 Å². The van der Waals surface area contributed by atoms with Crippen LogP contribution in [0.2, 0.25) is 0 Å². The summed E-state index contributed by atoms with van der Waals surface area (Å²) in [5.74, 6) is -0.277. The number of aliphatic hydroxyl groups excluding tert-OH is 5. The van der Waals surface area contributed by atoms with Crippen LogP contribution in [-0.2, 0) is 14.3 Å². The number of hydrogen-bond acceptors (Lipinski definition) is 8. The van der Waals surface area contributed by atoms with Crippen molar-refractivity contribution < 1.29 is 39.8 Å². The summed E-state index contributed by atoms with van der Waals surface area (Å²) in [4.78, 5) is 13.0. The molecule has 64 heavy (non-hydrogen) atoms. The van der Waals surface area contributed by atoms with Gasteiger partial charge in [0.2, 0.25) is 5.91 Å². The third-order valence-electron chi connectivity index (χ3n) is 11.1. The minimum absolute atomic E-state index is 0.203. The van der Waals surface area contributed by atoms with Crippen molar-refractivity contribution in [2.45, 2.75) is 217 Å². The number of rotatable bonds is 40. The summed E-state index contributed by atoms with van der Waals surface area (Å²) < 4.78 is 11.2. The zero-order chi connectivity index (χ0) is 46.6. The lowest BCUT2D eigenvalue weighted by Crippen LogP contribution is -2.60. The molecular weight excluding hydrogens is 803 g/mol. The average Bonchev–Trinajstić information content (AvgIpc) is 3.29. The van der Waals surface area contributed by atoms with Crippen molar-refractivity contribution in [1.29, 1.82) is 0 Å². The molecule has 0 aromatic rings. The maximum Gasteiger partial charge on any atom is 0.220 e. The van der Waals surface area contributed by atoms with Crippen LogP contribution in [0.4, 0.5) is 0 Å². The first-order valence-corrected chi connectivity index (χ1v) is 25.1. The highest BCUT2D eigenvalue weighted by atomic mass is 16.7. The van der Waals surface area contributed by atoms with Crippen LogP contribution in [-0.4, -0.2) is 87.5 Å². The second-order valence-electron chi connectivity index (χ2n) is 16.9. The number of amides is 1. The molecule has 9 heteroatoms. The Labute approximate surface area is 389 Å². The van der Waals surface area contributed by atoms with Gasteiger partial charge in [0, 0.05) is 6.42 Å². The van der Waals surface area contributed by atoms with Crippen LogP contribution in [0.1, 0.15) is 174 Å². The standard InChI is InChI=1S/C55H91NO8/c1-3-5-7-9-11-13-15-17-19-21-23-24-25-27-28-30-32-34-36-38-40-42-44-49(58)48(47-63-55-54(62)53(61)52(60)50(46-57)64-55)56-51(59)45-43-41-39-37-35-33-31-29-26-22-20-18-16-14-12-10-8-6-4-2/h6,8,12,14,18,20,26-29,33-36,39,41-42,44,48-50,52-55,57-58,60-62H,3-5,7,9-11,13,15-17,19,21-25,30-32,37-38,40,43,45-47H2,1-2H3,(H,56,59)/b8-6-,14-12-,20-18-,28-27+,29-26-,35-33-,36-34+,41-39-,44-42+. The molecule has 0 spiro atoms. The van der Waals surface area contributed by atoms with E-state index in [1.165, 1.54) is 77.0 Å². The van der Waals surface area contributed by atoms with E-state index in [-0.39, 0.29) is 18.9 Å². The highest BCUT2D eigenvalue weighted by Crippen LogP contribution is 2.22. The molecule has 9 nitrogen and oxygen atoms in total. The van der Waals surface area contributed by atoms with Gasteiger partial charge in [0.15, 0.2) is 6.29 Å². The molecule has 364 valence electrons. The molecule has 0 aliphatic carbocycles. The molecule has 1 amide bonds. The molecule has 1 fully saturated rings. The first-order valence-electron chi connectivity index (χ1n) is 25.1. The second kappa shape index (κ2) is 43.7. The van der Waals surface area contributed by atoms with Crippen LogP contribution < -0.4 is 5.32 Å². The van der Waals surface area contributed by atoms with Crippen molar-refractivity contribution in [1.82, 2.24) is 5.32 Å². The van der Waals surface area contributed by atoms with Gasteiger partial charge < -0.3 is 40.3 Å². The lowest BCUT2D eigenvalue weighted by atomic mass is 9.99. The molecule has 1 aliphatic heterocycles. The number of ether oxygens (including phenoxy) is 2. The SMILES string of the molecule is CC/C=C\C/C=C\C/C=C\C/C=C\C/C=C\C/C=C\CCC(=O)NC(COC1OC(CO)C(O)C(O)C1O)C(O)/C=C/CC/C=C/CC/C=C/CCCCCCCCCCCCCC. The van der Waals surface area contributed by atoms with E-state index in [0.717, 1.165) is 64.2 Å². The molecule has 0 aromatic heterocycles. The fourth-order valence-corrected chi connectivity index (χ4v) is 7.09. The normalized spacial score (nSPS) is 21.0. The molecule has 1 heterocycles. The Hall–Kier alpha value is -3.15. The summed E-state index contributed by atoms with van der Waals surface area (Å²) in [5.41, 5.74) is 0. The van der Waals surface area contributed by atoms with Crippen LogP contribution in [0.25, 0.3) is 0 Å². The minimum atomic E-state index is -1.59. The molecule has 1 saturated heterocycles. The van der Waals surface area contributed by atoms with E-state index in [9.17, 15) is 30.3 Å². The third-order valence-corrected chi connectivity index (χ3v) is 11.1. The minimum Gasteiger partial charge on any atom is -0.394 e. The van der Waals surface area contributed by atoms with E-state index >= 15 is 0 Å². The molecule has 7 unspecified atom stereocenters. The predicted octanol–water partition coefficient (Wildman–Crippen LogP) is 11.4. The van der Waals surface area contributed by atoms with Gasteiger partial charge in [-0.15, -0.1) is 0 Å². The molecule has 0 aromatic carbocycles. The summed E-state index contributed by atoms with van der Waals surface area (Å²) >= 11 is 0. The van der Waals surface area contributed by atoms with Crippen LogP contribution in [0.5, 0.6) is 0 Å². The smallest absolute Gasteiger partial charge is 0.220 e. The molecule has 0 saturated carbocycles. The lowest BCUT2D eigenvalue weighted by Gasteiger charge is -2.40. The fraction of sp³-hybridized carbons (Fsp3) is 0.655. The van der Waals surface area contributed by atoms with E-state index in [2.05, 4.69) is 104 Å². The van der Waals surface area contributed by atoms with Crippen molar-refractivity contribution in [3.8, 4) is 0 Å². The Morgan fingerprint density at radius 1 is 0.547 bits per heavy atom. The van der Waals surface area contributed by atoms with Crippen molar-refractivity contribution in [3.05, 3.63) is 109 Å². The zero-order valence-corrected chi connectivity index (χ0v) is 40.0. The number of carbonyl (C=O) groups excluding carboxylic acids is 1. The predicted molar refractivity (Wildman–Crippen MR) is 267 cm³/mol. The first kappa shape index (κ1) is 58.9. The Balaban J connectivity index is 2.42. The average molecular weight is 894 g/mol. The Kier molecular flexibility index (Phi) is 40.2. The van der Waals surface area contributed by atoms with E-state index in [0.29, 0.717) is 12.8 Å². The van der Waals surface area contributed by atoms with Gasteiger partial charge in [0.05, 0.1) is 25.4 Å². The second-order valence-corrected chi connectivity index (χ2v) is 16.9. The number of carbonyl (C=O) groups is 1. The van der Waals surface area contributed by atoms with Gasteiger partial charge in [-0.2, -0.15) is 0 Å². The van der Waals surface area contributed by atoms with Crippen LogP contribution in [0.15, 0.2) is 109 Å². The third kappa shape index (κ3) is 33.3. The fourth-order valence-electron chi connectivity index (χ4n) is 7.09. The van der Waals surface area contributed by atoms with Crippen molar-refractivity contribution in [2.75, 3.05) is 13.2 Å². The largest absolute Gasteiger partial charge is 0.394 e. The monoisotopic (exact) mass is 894 g/mol. The van der Waals surface area contributed by atoms with Gasteiger partial charge >= 0.3 is 0 Å². The van der Waals surface area contributed by atoms with Crippen molar-refractivity contribution >= 4 is 5.91 Å². The van der Waals surface area contributed by atoms with Gasteiger partial charge in [0.25, 0.3) is 0 Å². The quantitative estimate of drug-likeness (QED) is 0.0263. The molecule has 6 N–H and O–H groups in total. The van der Waals surface area contributed by atoms with E-state index in [1.807, 2.05) is 18.2 Å². The van der Waals surface area contributed by atoms with Crippen LogP contribution in [0, 0.1) is 0 Å². The molecule has 1 aliphatic rings. The number of unbranched alkanes of at least 4 members (excludes halogenated alkanes) is 14. The maximum atomic E-state index is 13.0. The first-order chi connectivity index (χ1) is 31.3. The van der Waals surface area contributed by atoms with E-state index in [1.54, 1.807) is 6.08 Å². The summed E-state index contributed by atoms with van der Waals surface area (Å²) in [6, 6.07) is -0.876. The highest BCUT2D eigenvalue weighted by Gasteiger charge is 2.44. The molecule has 1 rings (SSSR count). The van der Waals surface area contributed by atoms with Crippen molar-refractivity contribution in [3.63, 3.8) is 0 Å². The summed E-state index contributed by atoms with van der Waals surface area (Å²) in [7, 11) is 0. The zero-order valence-electron chi connectivity index (χ0n) is 40.0. The summed E-state index contributed by atoms with van der Waals surface area (Å²) in [6.45, 7) is 3.58. The van der Waals surface area contributed by atoms with E-state index < -0.39 is 49.5 Å². The Morgan fingerprint density at radius 2 is 0.984 bits per heavy atom. The molecule has 0 bridgehead atoms. The Morgan fingerprint density at radius 3 is 1.48 bits per heavy atom. The van der Waals surface area contributed by atoms with Gasteiger partial charge in [-0.3, -0.25) is 4.79 Å². The molecular formula is C55H91NO8. The van der Waals surface area contributed by atoms with Crippen LogP contribution in [0.3, 0.4) is 0 Å². The number of allylic oxidation sites excluding steroid dienone is 17. The lowest BCUT2D eigenvalue weighted by molar-refractivity contribution is -0.302. The van der Waals surface area contributed by atoms with Gasteiger partial charge in [-0.1, -0.05) is 194 Å². The summed E-state index contributed by atoms with van der Waals surface area (Å²) in [6.07, 6.45) is 57.2. The topological polar surface area (TPSA) is 149 Å². The van der Waals surface area contributed by atoms with Gasteiger partial charge in [-0.05, 0) is 83.5 Å². The van der Waals surface area contributed by atoms with Crippen molar-refractivity contribution in [2.24, 2.45) is 0 Å². The number of hydrogen-bond donors (Lipinski definition) is 6. The highest BCUT2D eigenvalue weighted by molar-refractivity contribution is 5.76. The Bertz CT molecular complexity index is 1360. The van der Waals surface area contributed by atoms with Gasteiger partial charge in [0.1, 0.15) is 24.4 Å². The maximum absolute atomic E-state index is 13.0. The van der Waals surface area contributed by atoms with Crippen LogP contribution >= 0.6 is 0 Å². The number of nitrogens with one attached hydrogen (secondary N) is 1. The molecule has 0 radical (unpaired) electrons. The molecule has 7 atom stereocenters.